The Kier molecular flexibility index (Phi) is 3.75. The minimum absolute atomic E-state index is 0.663. The highest BCUT2D eigenvalue weighted by atomic mass is 16.5. The third-order valence-electron chi connectivity index (χ3n) is 3.12. The van der Waals surface area contributed by atoms with E-state index in [-0.39, 0.29) is 0 Å². The number of rotatable bonds is 4. The van der Waals surface area contributed by atoms with Gasteiger partial charge in [-0.1, -0.05) is 0 Å². The van der Waals surface area contributed by atoms with Crippen molar-refractivity contribution in [2.75, 3.05) is 59.7 Å². The smallest absolute Gasteiger partial charge is 0.0645 e. The quantitative estimate of drug-likeness (QED) is 0.619. The van der Waals surface area contributed by atoms with E-state index in [2.05, 4.69) is 16.8 Å². The molecule has 0 aromatic rings. The van der Waals surface area contributed by atoms with Gasteiger partial charge in [-0.05, 0) is 7.05 Å². The Morgan fingerprint density at radius 3 is 2.50 bits per heavy atom. The van der Waals surface area contributed by atoms with E-state index >= 15 is 0 Å². The van der Waals surface area contributed by atoms with Crippen molar-refractivity contribution in [3.8, 4) is 0 Å². The summed E-state index contributed by atoms with van der Waals surface area (Å²) in [5, 5.41) is 0. The first kappa shape index (κ1) is 10.4. The Hall–Kier alpha value is -0.160. The zero-order valence-corrected chi connectivity index (χ0v) is 8.95. The second kappa shape index (κ2) is 5.07. The maximum absolute atomic E-state index is 5.31. The van der Waals surface area contributed by atoms with E-state index in [0.717, 1.165) is 52.6 Å². The molecule has 2 aliphatic heterocycles. The molecule has 0 aliphatic carbocycles. The fourth-order valence-corrected chi connectivity index (χ4v) is 1.78. The van der Waals surface area contributed by atoms with E-state index in [4.69, 9.17) is 9.47 Å². The summed E-state index contributed by atoms with van der Waals surface area (Å²) in [5.74, 6) is 0. The van der Waals surface area contributed by atoms with Gasteiger partial charge in [0, 0.05) is 26.2 Å². The summed E-state index contributed by atoms with van der Waals surface area (Å²) in [7, 11) is 2.19. The van der Waals surface area contributed by atoms with Gasteiger partial charge < -0.3 is 9.47 Å². The lowest BCUT2D eigenvalue weighted by molar-refractivity contribution is -0.0596. The van der Waals surface area contributed by atoms with Crippen LogP contribution in [-0.2, 0) is 9.47 Å². The number of nitrogens with zero attached hydrogens (tertiary/aromatic N) is 2. The van der Waals surface area contributed by atoms with Gasteiger partial charge in [-0.2, -0.15) is 0 Å². The minimum atomic E-state index is 0.663. The molecule has 0 bridgehead atoms. The van der Waals surface area contributed by atoms with Crippen LogP contribution in [-0.4, -0.2) is 75.5 Å². The molecular formula is C10H20N2O2. The van der Waals surface area contributed by atoms with E-state index in [0.29, 0.717) is 6.04 Å². The van der Waals surface area contributed by atoms with Crippen molar-refractivity contribution in [3.63, 3.8) is 0 Å². The van der Waals surface area contributed by atoms with Gasteiger partial charge in [-0.15, -0.1) is 0 Å². The molecule has 2 rings (SSSR count). The van der Waals surface area contributed by atoms with Gasteiger partial charge in [0.1, 0.15) is 0 Å². The Morgan fingerprint density at radius 1 is 1.21 bits per heavy atom. The lowest BCUT2D eigenvalue weighted by atomic mass is 10.2. The summed E-state index contributed by atoms with van der Waals surface area (Å²) >= 11 is 0. The molecule has 2 aliphatic rings. The average molecular weight is 200 g/mol. The molecule has 0 saturated carbocycles. The highest BCUT2D eigenvalue weighted by Crippen LogP contribution is 2.08. The molecular weight excluding hydrogens is 180 g/mol. The van der Waals surface area contributed by atoms with Gasteiger partial charge in [0.05, 0.1) is 32.5 Å². The first-order valence-electron chi connectivity index (χ1n) is 5.44. The first-order chi connectivity index (χ1) is 6.86. The van der Waals surface area contributed by atoms with Crippen LogP contribution in [0.15, 0.2) is 0 Å². The Bertz CT molecular complexity index is 166. The molecule has 2 saturated heterocycles. The highest BCUT2D eigenvalue weighted by molar-refractivity contribution is 4.75. The van der Waals surface area contributed by atoms with Crippen LogP contribution in [0.3, 0.4) is 0 Å². The maximum atomic E-state index is 5.31. The number of hydrogen-bond donors (Lipinski definition) is 0. The lowest BCUT2D eigenvalue weighted by Gasteiger charge is -2.36. The molecule has 2 heterocycles. The highest BCUT2D eigenvalue weighted by Gasteiger charge is 2.23. The standard InChI is InChI=1S/C10H20N2O2/c1-11(10-8-14-9-10)2-3-12-4-6-13-7-5-12/h10H,2-9H2,1H3. The number of ether oxygens (including phenoxy) is 2. The predicted molar refractivity (Wildman–Crippen MR) is 54.5 cm³/mol. The molecule has 0 aromatic heterocycles. The molecule has 0 unspecified atom stereocenters. The van der Waals surface area contributed by atoms with Gasteiger partial charge in [-0.3, -0.25) is 9.80 Å². The molecule has 82 valence electrons. The Labute approximate surface area is 85.8 Å². The van der Waals surface area contributed by atoms with Gasteiger partial charge in [0.2, 0.25) is 0 Å². The second-order valence-electron chi connectivity index (χ2n) is 4.13. The number of hydrogen-bond acceptors (Lipinski definition) is 4. The Morgan fingerprint density at radius 2 is 1.93 bits per heavy atom. The minimum Gasteiger partial charge on any atom is -0.379 e. The van der Waals surface area contributed by atoms with Gasteiger partial charge in [0.15, 0.2) is 0 Å². The fourth-order valence-electron chi connectivity index (χ4n) is 1.78. The first-order valence-corrected chi connectivity index (χ1v) is 5.44. The van der Waals surface area contributed by atoms with E-state index in [1.54, 1.807) is 0 Å². The molecule has 14 heavy (non-hydrogen) atoms. The van der Waals surface area contributed by atoms with Crippen LogP contribution in [0.5, 0.6) is 0 Å². The molecule has 4 heteroatoms. The van der Waals surface area contributed by atoms with Crippen LogP contribution >= 0.6 is 0 Å². The van der Waals surface area contributed by atoms with Crippen LogP contribution in [0.1, 0.15) is 0 Å². The van der Waals surface area contributed by atoms with Crippen molar-refractivity contribution in [1.82, 2.24) is 9.80 Å². The van der Waals surface area contributed by atoms with Crippen LogP contribution < -0.4 is 0 Å². The molecule has 0 spiro atoms. The average Bonchev–Trinajstić information content (AvgIpc) is 2.14. The summed E-state index contributed by atoms with van der Waals surface area (Å²) in [6, 6.07) is 0.663. The van der Waals surface area contributed by atoms with Crippen LogP contribution in [0.2, 0.25) is 0 Å². The van der Waals surface area contributed by atoms with Gasteiger partial charge in [-0.25, -0.2) is 0 Å². The fraction of sp³-hybridized carbons (Fsp3) is 1.00. The normalized spacial score (nSPS) is 25.3. The zero-order valence-electron chi connectivity index (χ0n) is 8.95. The Balaban J connectivity index is 1.60. The summed E-state index contributed by atoms with van der Waals surface area (Å²) in [5.41, 5.74) is 0. The zero-order chi connectivity index (χ0) is 9.80. The summed E-state index contributed by atoms with van der Waals surface area (Å²) in [4.78, 5) is 4.87. The van der Waals surface area contributed by atoms with Crippen molar-refractivity contribution in [2.24, 2.45) is 0 Å². The number of likely N-dealkylation sites (N-methyl/N-ethyl adjacent to an activating group) is 1. The SMILES string of the molecule is CN(CCN1CCOCC1)C1COC1. The van der Waals surface area contributed by atoms with Crippen molar-refractivity contribution in [1.29, 1.82) is 0 Å². The van der Waals surface area contributed by atoms with E-state index in [1.165, 1.54) is 0 Å². The molecule has 0 amide bonds. The van der Waals surface area contributed by atoms with E-state index in [9.17, 15) is 0 Å². The third-order valence-corrected chi connectivity index (χ3v) is 3.12. The van der Waals surface area contributed by atoms with Gasteiger partial charge >= 0.3 is 0 Å². The molecule has 0 N–H and O–H groups in total. The molecule has 0 aromatic carbocycles. The van der Waals surface area contributed by atoms with E-state index in [1.807, 2.05) is 0 Å². The molecule has 0 atom stereocenters. The summed E-state index contributed by atoms with van der Waals surface area (Å²) in [6.45, 7) is 8.13. The van der Waals surface area contributed by atoms with Crippen molar-refractivity contribution in [2.45, 2.75) is 6.04 Å². The molecule has 2 fully saturated rings. The van der Waals surface area contributed by atoms with Crippen LogP contribution in [0.25, 0.3) is 0 Å². The van der Waals surface area contributed by atoms with Crippen molar-refractivity contribution < 1.29 is 9.47 Å². The van der Waals surface area contributed by atoms with E-state index < -0.39 is 0 Å². The van der Waals surface area contributed by atoms with Crippen molar-refractivity contribution >= 4 is 0 Å². The summed E-state index contributed by atoms with van der Waals surface area (Å²) in [6.07, 6.45) is 0. The monoisotopic (exact) mass is 200 g/mol. The largest absolute Gasteiger partial charge is 0.379 e. The predicted octanol–water partition coefficient (Wildman–Crippen LogP) is -0.351. The molecule has 0 radical (unpaired) electrons. The summed E-state index contributed by atoms with van der Waals surface area (Å²) < 4.78 is 10.5. The lowest BCUT2D eigenvalue weighted by Crippen LogP contribution is -2.50. The van der Waals surface area contributed by atoms with Gasteiger partial charge in [0.25, 0.3) is 0 Å². The third kappa shape index (κ3) is 2.67. The topological polar surface area (TPSA) is 24.9 Å². The van der Waals surface area contributed by atoms with Crippen molar-refractivity contribution in [3.05, 3.63) is 0 Å². The second-order valence-corrected chi connectivity index (χ2v) is 4.13. The maximum Gasteiger partial charge on any atom is 0.0645 e. The molecule has 4 nitrogen and oxygen atoms in total. The van der Waals surface area contributed by atoms with Crippen LogP contribution in [0, 0.1) is 0 Å². The number of morpholine rings is 1. The van der Waals surface area contributed by atoms with Crippen LogP contribution in [0.4, 0.5) is 0 Å².